The summed E-state index contributed by atoms with van der Waals surface area (Å²) in [4.78, 5) is 0. The maximum Gasteiger partial charge on any atom is 0.0212 e. The van der Waals surface area contributed by atoms with E-state index in [0.717, 1.165) is 6.42 Å². The van der Waals surface area contributed by atoms with Gasteiger partial charge in [0.15, 0.2) is 0 Å². The van der Waals surface area contributed by atoms with Gasteiger partial charge in [-0.15, -0.1) is 0 Å². The van der Waals surface area contributed by atoms with E-state index >= 15 is 0 Å². The van der Waals surface area contributed by atoms with E-state index in [4.69, 9.17) is 12.6 Å². The molecule has 0 aliphatic rings. The first kappa shape index (κ1) is 13.4. The van der Waals surface area contributed by atoms with Gasteiger partial charge in [-0.25, -0.2) is 0 Å². The molecule has 0 aromatic heterocycles. The van der Waals surface area contributed by atoms with Gasteiger partial charge in [-0.3, -0.25) is 0 Å². The number of rotatable bonds is 3. The smallest absolute Gasteiger partial charge is 0.0212 e. The molecule has 0 aromatic rings. The summed E-state index contributed by atoms with van der Waals surface area (Å²) < 4.78 is 0.0365. The molecule has 0 spiro atoms. The SMILES string of the molecule is CC(C)(C)CC(C)(C)CC(C)(C)[S]. The summed E-state index contributed by atoms with van der Waals surface area (Å²) in [6.07, 6.45) is 2.35. The third-order valence-electron chi connectivity index (χ3n) is 1.91. The van der Waals surface area contributed by atoms with E-state index in [-0.39, 0.29) is 4.75 Å². The number of hydrogen-bond donors (Lipinski definition) is 0. The lowest BCUT2D eigenvalue weighted by atomic mass is 9.72. The van der Waals surface area contributed by atoms with Crippen LogP contribution in [0, 0.1) is 10.8 Å². The average Bonchev–Trinajstić information content (AvgIpc) is 1.43. The molecule has 0 aliphatic carbocycles. The third-order valence-corrected chi connectivity index (χ3v) is 2.06. The minimum atomic E-state index is 0.0365. The summed E-state index contributed by atoms with van der Waals surface area (Å²) >= 11 is 5.42. The van der Waals surface area contributed by atoms with Crippen LogP contribution in [0.3, 0.4) is 0 Å². The Labute approximate surface area is 89.9 Å². The predicted octanol–water partition coefficient (Wildman–Crippen LogP) is 4.82. The van der Waals surface area contributed by atoms with E-state index < -0.39 is 0 Å². The summed E-state index contributed by atoms with van der Waals surface area (Å²) in [6, 6.07) is 0. The molecule has 0 heterocycles. The first-order valence-electron chi connectivity index (χ1n) is 5.12. The van der Waals surface area contributed by atoms with E-state index in [0.29, 0.717) is 10.8 Å². The van der Waals surface area contributed by atoms with Gasteiger partial charge in [-0.1, -0.05) is 47.2 Å². The van der Waals surface area contributed by atoms with Gasteiger partial charge in [0.1, 0.15) is 0 Å². The summed E-state index contributed by atoms with van der Waals surface area (Å²) in [5, 5.41) is 0. The summed E-state index contributed by atoms with van der Waals surface area (Å²) in [5.74, 6) is 0. The Morgan fingerprint density at radius 3 is 1.38 bits per heavy atom. The van der Waals surface area contributed by atoms with Gasteiger partial charge in [0.2, 0.25) is 0 Å². The zero-order chi connectivity index (χ0) is 10.9. The molecule has 0 amide bonds. The Kier molecular flexibility index (Phi) is 3.95. The highest BCUT2D eigenvalue weighted by Crippen LogP contribution is 2.40. The van der Waals surface area contributed by atoms with E-state index in [1.165, 1.54) is 6.42 Å². The van der Waals surface area contributed by atoms with E-state index in [9.17, 15) is 0 Å². The second-order valence-corrected chi connectivity index (χ2v) is 7.94. The van der Waals surface area contributed by atoms with Crippen molar-refractivity contribution in [3.8, 4) is 0 Å². The van der Waals surface area contributed by atoms with Crippen LogP contribution >= 0.6 is 12.6 Å². The molecule has 1 radical (unpaired) electrons. The Morgan fingerprint density at radius 2 is 1.15 bits per heavy atom. The van der Waals surface area contributed by atoms with Crippen LogP contribution in [-0.2, 0) is 0 Å². The third kappa shape index (κ3) is 8.67. The Morgan fingerprint density at radius 1 is 0.769 bits per heavy atom. The molecule has 0 saturated carbocycles. The zero-order valence-electron chi connectivity index (χ0n) is 10.3. The highest BCUT2D eigenvalue weighted by atomic mass is 32.1. The summed E-state index contributed by atoms with van der Waals surface area (Å²) in [5.41, 5.74) is 0.771. The van der Waals surface area contributed by atoms with Crippen LogP contribution in [0.15, 0.2) is 0 Å². The maximum atomic E-state index is 5.42. The zero-order valence-corrected chi connectivity index (χ0v) is 11.1. The van der Waals surface area contributed by atoms with Gasteiger partial charge in [0.05, 0.1) is 0 Å². The molecule has 79 valence electrons. The second-order valence-electron chi connectivity index (χ2n) is 6.84. The first-order chi connectivity index (χ1) is 5.41. The van der Waals surface area contributed by atoms with Crippen molar-refractivity contribution in [1.29, 1.82) is 0 Å². The van der Waals surface area contributed by atoms with Crippen LogP contribution < -0.4 is 0 Å². The monoisotopic (exact) mass is 201 g/mol. The second kappa shape index (κ2) is 3.84. The molecule has 0 saturated heterocycles. The van der Waals surface area contributed by atoms with Crippen molar-refractivity contribution in [1.82, 2.24) is 0 Å². The van der Waals surface area contributed by atoms with Gasteiger partial charge in [-0.05, 0) is 37.5 Å². The van der Waals surface area contributed by atoms with E-state index in [1.807, 2.05) is 0 Å². The van der Waals surface area contributed by atoms with E-state index in [2.05, 4.69) is 48.5 Å². The highest BCUT2D eigenvalue weighted by Gasteiger charge is 2.30. The van der Waals surface area contributed by atoms with Gasteiger partial charge < -0.3 is 0 Å². The molecule has 0 atom stereocenters. The molecule has 0 fully saturated rings. The van der Waals surface area contributed by atoms with Crippen molar-refractivity contribution < 1.29 is 0 Å². The Hall–Kier alpha value is 0.350. The quantitative estimate of drug-likeness (QED) is 0.614. The van der Waals surface area contributed by atoms with Gasteiger partial charge >= 0.3 is 0 Å². The lowest BCUT2D eigenvalue weighted by molar-refractivity contribution is 0.187. The summed E-state index contributed by atoms with van der Waals surface area (Å²) in [7, 11) is 0. The fourth-order valence-corrected chi connectivity index (χ4v) is 3.04. The van der Waals surface area contributed by atoms with Crippen molar-refractivity contribution in [2.45, 2.75) is 66.1 Å². The molecule has 0 unspecified atom stereocenters. The fourth-order valence-electron chi connectivity index (χ4n) is 2.65. The normalized spacial score (nSPS) is 14.8. The molecule has 0 N–H and O–H groups in total. The topological polar surface area (TPSA) is 0 Å². The van der Waals surface area contributed by atoms with Crippen LogP contribution in [0.4, 0.5) is 0 Å². The molecule has 0 rings (SSSR count). The number of hydrogen-bond acceptors (Lipinski definition) is 0. The van der Waals surface area contributed by atoms with Crippen molar-refractivity contribution in [3.05, 3.63) is 0 Å². The van der Waals surface area contributed by atoms with Gasteiger partial charge in [0.25, 0.3) is 0 Å². The lowest BCUT2D eigenvalue weighted by Crippen LogP contribution is -2.27. The van der Waals surface area contributed by atoms with Crippen molar-refractivity contribution in [2.75, 3.05) is 0 Å². The van der Waals surface area contributed by atoms with Crippen LogP contribution in [0.5, 0.6) is 0 Å². The standard InChI is InChI=1S/C12H25S/c1-10(2,3)8-11(4,5)9-12(6,7)13/h8-9H2,1-7H3. The molecule has 0 nitrogen and oxygen atoms in total. The van der Waals surface area contributed by atoms with Gasteiger partial charge in [-0.2, -0.15) is 0 Å². The molecule has 0 bridgehead atoms. The van der Waals surface area contributed by atoms with Crippen molar-refractivity contribution in [3.63, 3.8) is 0 Å². The van der Waals surface area contributed by atoms with Crippen molar-refractivity contribution in [2.24, 2.45) is 10.8 Å². The minimum absolute atomic E-state index is 0.0365. The Balaban J connectivity index is 4.25. The fraction of sp³-hybridized carbons (Fsp3) is 1.00. The predicted molar refractivity (Wildman–Crippen MR) is 64.1 cm³/mol. The van der Waals surface area contributed by atoms with Gasteiger partial charge in [0, 0.05) is 4.75 Å². The van der Waals surface area contributed by atoms with Crippen molar-refractivity contribution >= 4 is 12.6 Å². The van der Waals surface area contributed by atoms with Crippen LogP contribution in [0.1, 0.15) is 61.3 Å². The molecular formula is C12H25S. The summed E-state index contributed by atoms with van der Waals surface area (Å²) in [6.45, 7) is 15.8. The first-order valence-corrected chi connectivity index (χ1v) is 5.53. The molecule has 0 aliphatic heterocycles. The minimum Gasteiger partial charge on any atom is -0.0873 e. The molecule has 1 heteroatoms. The highest BCUT2D eigenvalue weighted by molar-refractivity contribution is 7.81. The van der Waals surface area contributed by atoms with Crippen LogP contribution in [-0.4, -0.2) is 4.75 Å². The van der Waals surface area contributed by atoms with Crippen LogP contribution in [0.2, 0.25) is 0 Å². The molecule has 13 heavy (non-hydrogen) atoms. The Bertz CT molecular complexity index is 137. The molecule has 0 aromatic carbocycles. The average molecular weight is 201 g/mol. The van der Waals surface area contributed by atoms with E-state index in [1.54, 1.807) is 0 Å². The maximum absolute atomic E-state index is 5.42. The lowest BCUT2D eigenvalue weighted by Gasteiger charge is -2.36. The largest absolute Gasteiger partial charge is 0.0873 e. The molecular weight excluding hydrogens is 176 g/mol. The van der Waals surface area contributed by atoms with Crippen LogP contribution in [0.25, 0.3) is 0 Å².